The van der Waals surface area contributed by atoms with Crippen molar-refractivity contribution in [2.45, 2.75) is 17.7 Å². The highest BCUT2D eigenvalue weighted by atomic mass is 35.5. The van der Waals surface area contributed by atoms with E-state index in [-0.39, 0.29) is 32.5 Å². The summed E-state index contributed by atoms with van der Waals surface area (Å²) in [5.41, 5.74) is 0.211. The number of halogens is 2. The first-order valence-corrected chi connectivity index (χ1v) is 7.42. The number of rotatable bonds is 3. The molecule has 0 unspecified atom stereocenters. The number of hydrogen-bond acceptors (Lipinski definition) is 3. The average Bonchev–Trinajstić information content (AvgIpc) is 3.04. The molecule has 0 saturated heterocycles. The molecule has 1 saturated carbocycles. The lowest BCUT2D eigenvalue weighted by Crippen LogP contribution is -2.15. The van der Waals surface area contributed by atoms with E-state index in [0.717, 1.165) is 25.0 Å². The van der Waals surface area contributed by atoms with E-state index in [1.165, 1.54) is 0 Å². The maximum atomic E-state index is 11.6. The minimum Gasteiger partial charge on any atom is -0.323 e. The summed E-state index contributed by atoms with van der Waals surface area (Å²) in [5, 5.41) is 7.64. The molecule has 2 rings (SSSR count). The molecular formula is C10H10Cl2N2O3S. The molecule has 8 heteroatoms. The van der Waals surface area contributed by atoms with Gasteiger partial charge in [0.05, 0.1) is 20.6 Å². The fourth-order valence-electron chi connectivity index (χ4n) is 1.40. The molecule has 0 radical (unpaired) electrons. The van der Waals surface area contributed by atoms with Gasteiger partial charge in [-0.2, -0.15) is 0 Å². The van der Waals surface area contributed by atoms with Crippen molar-refractivity contribution < 1.29 is 13.2 Å². The van der Waals surface area contributed by atoms with Crippen LogP contribution in [0.2, 0.25) is 10.0 Å². The zero-order chi connectivity index (χ0) is 13.5. The third-order valence-electron chi connectivity index (χ3n) is 2.54. The summed E-state index contributed by atoms with van der Waals surface area (Å²) in [4.78, 5) is 11.4. The van der Waals surface area contributed by atoms with Gasteiger partial charge < -0.3 is 5.32 Å². The Morgan fingerprint density at radius 1 is 1.28 bits per heavy atom. The molecule has 0 spiro atoms. The quantitative estimate of drug-likeness (QED) is 0.894. The SMILES string of the molecule is NS(=O)(=O)c1cc(Cl)c(NC(=O)C2CC2)c(Cl)c1. The van der Waals surface area contributed by atoms with Crippen LogP contribution in [0, 0.1) is 5.92 Å². The van der Waals surface area contributed by atoms with E-state index in [1.54, 1.807) is 0 Å². The topological polar surface area (TPSA) is 89.3 Å². The summed E-state index contributed by atoms with van der Waals surface area (Å²) in [5.74, 6) is -0.169. The maximum Gasteiger partial charge on any atom is 0.238 e. The van der Waals surface area contributed by atoms with Crippen LogP contribution in [0.3, 0.4) is 0 Å². The molecule has 0 aliphatic heterocycles. The zero-order valence-corrected chi connectivity index (χ0v) is 11.4. The second-order valence-electron chi connectivity index (χ2n) is 4.07. The first-order valence-electron chi connectivity index (χ1n) is 5.12. The molecule has 1 fully saturated rings. The number of primary sulfonamides is 1. The maximum absolute atomic E-state index is 11.6. The predicted molar refractivity (Wildman–Crippen MR) is 69.2 cm³/mol. The van der Waals surface area contributed by atoms with Crippen LogP contribution in [-0.2, 0) is 14.8 Å². The van der Waals surface area contributed by atoms with Crippen LogP contribution < -0.4 is 10.5 Å². The highest BCUT2D eigenvalue weighted by Crippen LogP contribution is 2.36. The summed E-state index contributed by atoms with van der Waals surface area (Å²) in [6, 6.07) is 2.32. The van der Waals surface area contributed by atoms with Crippen molar-refractivity contribution in [2.75, 3.05) is 5.32 Å². The normalized spacial score (nSPS) is 15.5. The minimum absolute atomic E-state index is 0.00458. The Balaban J connectivity index is 2.34. The molecule has 3 N–H and O–H groups in total. The lowest BCUT2D eigenvalue weighted by molar-refractivity contribution is -0.117. The van der Waals surface area contributed by atoms with Gasteiger partial charge in [0.1, 0.15) is 0 Å². The first kappa shape index (κ1) is 13.6. The summed E-state index contributed by atoms with van der Waals surface area (Å²) in [6.45, 7) is 0. The molecule has 1 amide bonds. The molecule has 1 aromatic rings. The van der Waals surface area contributed by atoms with Gasteiger partial charge in [-0.1, -0.05) is 23.2 Å². The van der Waals surface area contributed by atoms with Crippen LogP contribution in [0.25, 0.3) is 0 Å². The summed E-state index contributed by atoms with van der Waals surface area (Å²) in [6.07, 6.45) is 1.69. The van der Waals surface area contributed by atoms with Gasteiger partial charge in [-0.05, 0) is 25.0 Å². The highest BCUT2D eigenvalue weighted by Gasteiger charge is 2.30. The van der Waals surface area contributed by atoms with Crippen molar-refractivity contribution in [1.82, 2.24) is 0 Å². The molecule has 18 heavy (non-hydrogen) atoms. The van der Waals surface area contributed by atoms with E-state index in [4.69, 9.17) is 28.3 Å². The van der Waals surface area contributed by atoms with E-state index in [1.807, 2.05) is 0 Å². The number of carbonyl (C=O) groups is 1. The number of hydrogen-bond donors (Lipinski definition) is 2. The molecule has 0 heterocycles. The summed E-state index contributed by atoms with van der Waals surface area (Å²) >= 11 is 11.8. The Kier molecular flexibility index (Phi) is 3.55. The zero-order valence-electron chi connectivity index (χ0n) is 9.11. The lowest BCUT2D eigenvalue weighted by Gasteiger charge is -2.10. The van der Waals surface area contributed by atoms with Crippen LogP contribution in [0.15, 0.2) is 17.0 Å². The van der Waals surface area contributed by atoms with Crippen LogP contribution >= 0.6 is 23.2 Å². The number of carbonyl (C=O) groups excluding carboxylic acids is 1. The third kappa shape index (κ3) is 2.95. The molecular weight excluding hydrogens is 299 g/mol. The van der Waals surface area contributed by atoms with E-state index < -0.39 is 10.0 Å². The third-order valence-corrected chi connectivity index (χ3v) is 4.03. The highest BCUT2D eigenvalue weighted by molar-refractivity contribution is 7.89. The molecule has 1 aliphatic rings. The molecule has 1 aliphatic carbocycles. The van der Waals surface area contributed by atoms with Crippen molar-refractivity contribution in [3.63, 3.8) is 0 Å². The lowest BCUT2D eigenvalue weighted by atomic mass is 10.3. The van der Waals surface area contributed by atoms with E-state index in [9.17, 15) is 13.2 Å². The number of anilines is 1. The first-order chi connectivity index (χ1) is 8.29. The smallest absolute Gasteiger partial charge is 0.238 e. The predicted octanol–water partition coefficient (Wildman–Crippen LogP) is 1.99. The van der Waals surface area contributed by atoms with E-state index in [0.29, 0.717) is 0 Å². The fourth-order valence-corrected chi connectivity index (χ4v) is 2.68. The van der Waals surface area contributed by atoms with Gasteiger partial charge in [0.25, 0.3) is 0 Å². The summed E-state index contributed by atoms with van der Waals surface area (Å²) in [7, 11) is -3.88. The minimum atomic E-state index is -3.88. The van der Waals surface area contributed by atoms with Gasteiger partial charge in [-0.15, -0.1) is 0 Å². The van der Waals surface area contributed by atoms with Crippen molar-refractivity contribution in [2.24, 2.45) is 11.1 Å². The standard InChI is InChI=1S/C10H10Cl2N2O3S/c11-7-3-6(18(13,16)17)4-8(12)9(7)14-10(15)5-1-2-5/h3-5H,1-2H2,(H,14,15)(H2,13,16,17). The Bertz CT molecular complexity index is 589. The van der Waals surface area contributed by atoms with Crippen LogP contribution in [-0.4, -0.2) is 14.3 Å². The average molecular weight is 309 g/mol. The number of benzene rings is 1. The van der Waals surface area contributed by atoms with Crippen molar-refractivity contribution in [3.05, 3.63) is 22.2 Å². The summed E-state index contributed by atoms with van der Waals surface area (Å²) < 4.78 is 22.3. The number of sulfonamides is 1. The van der Waals surface area contributed by atoms with Gasteiger partial charge >= 0.3 is 0 Å². The Hall–Kier alpha value is -0.820. The number of amides is 1. The fraction of sp³-hybridized carbons (Fsp3) is 0.300. The van der Waals surface area contributed by atoms with Crippen molar-refractivity contribution >= 4 is 44.8 Å². The second-order valence-corrected chi connectivity index (χ2v) is 6.45. The van der Waals surface area contributed by atoms with Gasteiger partial charge in [-0.25, -0.2) is 13.6 Å². The number of nitrogens with two attached hydrogens (primary N) is 1. The van der Waals surface area contributed by atoms with Gasteiger partial charge in [0.15, 0.2) is 0 Å². The molecule has 0 atom stereocenters. The van der Waals surface area contributed by atoms with Gasteiger partial charge in [0.2, 0.25) is 15.9 Å². The Morgan fingerprint density at radius 3 is 2.17 bits per heavy atom. The van der Waals surface area contributed by atoms with Crippen LogP contribution in [0.4, 0.5) is 5.69 Å². The van der Waals surface area contributed by atoms with Crippen LogP contribution in [0.5, 0.6) is 0 Å². The monoisotopic (exact) mass is 308 g/mol. The molecule has 5 nitrogen and oxygen atoms in total. The Morgan fingerprint density at radius 2 is 1.78 bits per heavy atom. The molecule has 0 aromatic heterocycles. The van der Waals surface area contributed by atoms with Crippen molar-refractivity contribution in [3.8, 4) is 0 Å². The number of nitrogens with one attached hydrogen (secondary N) is 1. The largest absolute Gasteiger partial charge is 0.323 e. The molecule has 1 aromatic carbocycles. The molecule has 98 valence electrons. The molecule has 0 bridgehead atoms. The van der Waals surface area contributed by atoms with E-state index >= 15 is 0 Å². The van der Waals surface area contributed by atoms with E-state index in [2.05, 4.69) is 5.32 Å². The van der Waals surface area contributed by atoms with Crippen LogP contribution in [0.1, 0.15) is 12.8 Å². The Labute approximate surface area is 114 Å². The van der Waals surface area contributed by atoms with Gasteiger partial charge in [-0.3, -0.25) is 4.79 Å². The second kappa shape index (κ2) is 4.70. The van der Waals surface area contributed by atoms with Crippen molar-refractivity contribution in [1.29, 1.82) is 0 Å². The van der Waals surface area contributed by atoms with Gasteiger partial charge in [0, 0.05) is 5.92 Å².